The number of aliphatic hydroxyl groups excluding tert-OH is 1. The second kappa shape index (κ2) is 12.3. The Labute approximate surface area is 87.3 Å². The SMILES string of the molecule is CCCCCSCCCCCCO. The molecule has 0 fully saturated rings. The van der Waals surface area contributed by atoms with Gasteiger partial charge >= 0.3 is 0 Å². The van der Waals surface area contributed by atoms with E-state index < -0.39 is 0 Å². The van der Waals surface area contributed by atoms with E-state index >= 15 is 0 Å². The van der Waals surface area contributed by atoms with E-state index in [-0.39, 0.29) is 0 Å². The zero-order chi connectivity index (χ0) is 9.78. The van der Waals surface area contributed by atoms with Crippen molar-refractivity contribution in [1.82, 2.24) is 0 Å². The smallest absolute Gasteiger partial charge is 0.0431 e. The highest BCUT2D eigenvalue weighted by atomic mass is 32.2. The van der Waals surface area contributed by atoms with Gasteiger partial charge in [-0.05, 0) is 30.8 Å². The topological polar surface area (TPSA) is 20.2 Å². The molecule has 0 spiro atoms. The van der Waals surface area contributed by atoms with Gasteiger partial charge in [0.15, 0.2) is 0 Å². The van der Waals surface area contributed by atoms with Crippen LogP contribution in [0.3, 0.4) is 0 Å². The van der Waals surface area contributed by atoms with Crippen molar-refractivity contribution >= 4 is 11.8 Å². The Morgan fingerprint density at radius 3 is 2.08 bits per heavy atom. The van der Waals surface area contributed by atoms with Crippen molar-refractivity contribution in [3.8, 4) is 0 Å². The van der Waals surface area contributed by atoms with Gasteiger partial charge in [-0.2, -0.15) is 11.8 Å². The third-order valence-electron chi connectivity index (χ3n) is 2.09. The molecule has 1 N–H and O–H groups in total. The van der Waals surface area contributed by atoms with Gasteiger partial charge in [0.05, 0.1) is 0 Å². The lowest BCUT2D eigenvalue weighted by molar-refractivity contribution is 0.283. The molecule has 0 saturated carbocycles. The lowest BCUT2D eigenvalue weighted by atomic mass is 10.2. The quantitative estimate of drug-likeness (QED) is 0.550. The zero-order valence-corrected chi connectivity index (χ0v) is 9.74. The minimum absolute atomic E-state index is 0.365. The van der Waals surface area contributed by atoms with Gasteiger partial charge in [-0.25, -0.2) is 0 Å². The second-order valence-corrected chi connectivity index (χ2v) is 4.68. The average Bonchev–Trinajstić information content (AvgIpc) is 2.16. The number of rotatable bonds is 10. The number of thioether (sulfide) groups is 1. The molecule has 0 aliphatic carbocycles. The highest BCUT2D eigenvalue weighted by Gasteiger charge is 1.91. The summed E-state index contributed by atoms with van der Waals surface area (Å²) in [5.74, 6) is 2.66. The van der Waals surface area contributed by atoms with Crippen LogP contribution in [0.5, 0.6) is 0 Å². The van der Waals surface area contributed by atoms with Gasteiger partial charge in [-0.3, -0.25) is 0 Å². The van der Waals surface area contributed by atoms with Crippen molar-refractivity contribution in [3.05, 3.63) is 0 Å². The standard InChI is InChI=1S/C11H24OS/c1-2-3-7-10-13-11-8-5-4-6-9-12/h12H,2-11H2,1H3. The maximum absolute atomic E-state index is 8.56. The summed E-state index contributed by atoms with van der Waals surface area (Å²) in [4.78, 5) is 0. The van der Waals surface area contributed by atoms with Crippen LogP contribution in [0.1, 0.15) is 51.9 Å². The Hall–Kier alpha value is 0.310. The lowest BCUT2D eigenvalue weighted by Gasteiger charge is -2.00. The number of hydrogen-bond donors (Lipinski definition) is 1. The van der Waals surface area contributed by atoms with E-state index in [4.69, 9.17) is 5.11 Å². The van der Waals surface area contributed by atoms with Gasteiger partial charge in [0.2, 0.25) is 0 Å². The Balaban J connectivity index is 2.76. The molecule has 0 aliphatic rings. The number of aliphatic hydroxyl groups is 1. The molecule has 80 valence electrons. The molecule has 0 aromatic carbocycles. The molecular weight excluding hydrogens is 180 g/mol. The summed E-state index contributed by atoms with van der Waals surface area (Å²) in [6.07, 6.45) is 8.91. The highest BCUT2D eigenvalue weighted by molar-refractivity contribution is 7.99. The van der Waals surface area contributed by atoms with E-state index in [0.29, 0.717) is 6.61 Å². The summed E-state index contributed by atoms with van der Waals surface area (Å²) < 4.78 is 0. The molecule has 1 nitrogen and oxygen atoms in total. The highest BCUT2D eigenvalue weighted by Crippen LogP contribution is 2.10. The molecule has 0 bridgehead atoms. The van der Waals surface area contributed by atoms with Crippen molar-refractivity contribution in [2.45, 2.75) is 51.9 Å². The monoisotopic (exact) mass is 204 g/mol. The second-order valence-electron chi connectivity index (χ2n) is 3.46. The van der Waals surface area contributed by atoms with E-state index in [1.54, 1.807) is 0 Å². The Kier molecular flexibility index (Phi) is 12.6. The van der Waals surface area contributed by atoms with Gasteiger partial charge in [0, 0.05) is 6.61 Å². The zero-order valence-electron chi connectivity index (χ0n) is 8.93. The fraction of sp³-hybridized carbons (Fsp3) is 1.00. The Morgan fingerprint density at radius 2 is 1.46 bits per heavy atom. The molecular formula is C11H24OS. The predicted octanol–water partition coefficient (Wildman–Crippen LogP) is 3.46. The maximum Gasteiger partial charge on any atom is 0.0431 e. The van der Waals surface area contributed by atoms with Crippen LogP contribution in [0.2, 0.25) is 0 Å². The van der Waals surface area contributed by atoms with Crippen molar-refractivity contribution in [1.29, 1.82) is 0 Å². The summed E-state index contributed by atoms with van der Waals surface area (Å²) >= 11 is 2.09. The predicted molar refractivity (Wildman–Crippen MR) is 62.4 cm³/mol. The van der Waals surface area contributed by atoms with Crippen LogP contribution in [0.4, 0.5) is 0 Å². The summed E-state index contributed by atoms with van der Waals surface area (Å²) in [6, 6.07) is 0. The first-order chi connectivity index (χ1) is 6.41. The van der Waals surface area contributed by atoms with Crippen LogP contribution in [0.15, 0.2) is 0 Å². The van der Waals surface area contributed by atoms with E-state index in [0.717, 1.165) is 6.42 Å². The molecule has 0 aliphatic heterocycles. The largest absolute Gasteiger partial charge is 0.396 e. The van der Waals surface area contributed by atoms with Gasteiger partial charge in [-0.15, -0.1) is 0 Å². The summed E-state index contributed by atoms with van der Waals surface area (Å²) in [7, 11) is 0. The van der Waals surface area contributed by atoms with Crippen LogP contribution >= 0.6 is 11.8 Å². The lowest BCUT2D eigenvalue weighted by Crippen LogP contribution is -1.87. The fourth-order valence-electron chi connectivity index (χ4n) is 1.23. The minimum atomic E-state index is 0.365. The first kappa shape index (κ1) is 13.3. The van der Waals surface area contributed by atoms with Crippen LogP contribution < -0.4 is 0 Å². The van der Waals surface area contributed by atoms with Crippen molar-refractivity contribution in [2.75, 3.05) is 18.1 Å². The van der Waals surface area contributed by atoms with E-state index in [1.807, 2.05) is 0 Å². The van der Waals surface area contributed by atoms with Gasteiger partial charge < -0.3 is 5.11 Å². The molecule has 0 radical (unpaired) electrons. The first-order valence-electron chi connectivity index (χ1n) is 5.60. The van der Waals surface area contributed by atoms with Gasteiger partial charge in [0.1, 0.15) is 0 Å². The van der Waals surface area contributed by atoms with Crippen molar-refractivity contribution in [2.24, 2.45) is 0 Å². The molecule has 0 saturated heterocycles. The molecule has 0 aromatic rings. The average molecular weight is 204 g/mol. The van der Waals surface area contributed by atoms with E-state index in [9.17, 15) is 0 Å². The van der Waals surface area contributed by atoms with Crippen LogP contribution in [0.25, 0.3) is 0 Å². The van der Waals surface area contributed by atoms with Crippen molar-refractivity contribution in [3.63, 3.8) is 0 Å². The number of hydrogen-bond acceptors (Lipinski definition) is 2. The van der Waals surface area contributed by atoms with Crippen LogP contribution in [-0.2, 0) is 0 Å². The molecule has 13 heavy (non-hydrogen) atoms. The third kappa shape index (κ3) is 12.3. The van der Waals surface area contributed by atoms with Crippen LogP contribution in [0, 0.1) is 0 Å². The normalized spacial score (nSPS) is 10.6. The third-order valence-corrected chi connectivity index (χ3v) is 3.24. The Morgan fingerprint density at radius 1 is 0.846 bits per heavy atom. The molecule has 0 amide bonds. The maximum atomic E-state index is 8.56. The van der Waals surface area contributed by atoms with E-state index in [1.165, 1.54) is 50.0 Å². The molecule has 0 atom stereocenters. The Bertz CT molecular complexity index is 76.2. The molecule has 0 unspecified atom stereocenters. The van der Waals surface area contributed by atoms with Gasteiger partial charge in [-0.1, -0.05) is 32.6 Å². The van der Waals surface area contributed by atoms with Gasteiger partial charge in [0.25, 0.3) is 0 Å². The van der Waals surface area contributed by atoms with Crippen molar-refractivity contribution < 1.29 is 5.11 Å². The molecule has 0 heterocycles. The molecule has 0 aromatic heterocycles. The summed E-state index contributed by atoms with van der Waals surface area (Å²) in [5.41, 5.74) is 0. The molecule has 2 heteroatoms. The fourth-order valence-corrected chi connectivity index (χ4v) is 2.25. The van der Waals surface area contributed by atoms with Crippen LogP contribution in [-0.4, -0.2) is 23.2 Å². The molecule has 0 rings (SSSR count). The summed E-state index contributed by atoms with van der Waals surface area (Å²) in [5, 5.41) is 8.56. The number of unbranched alkanes of at least 4 members (excludes halogenated alkanes) is 5. The first-order valence-corrected chi connectivity index (χ1v) is 6.76. The minimum Gasteiger partial charge on any atom is -0.396 e. The summed E-state index contributed by atoms with van der Waals surface area (Å²) in [6.45, 7) is 2.61. The van der Waals surface area contributed by atoms with E-state index in [2.05, 4.69) is 18.7 Å².